The van der Waals surface area contributed by atoms with E-state index < -0.39 is 35.7 Å². The molecule has 10 rings (SSSR count). The average molecular weight is 681 g/mol. The Labute approximate surface area is 291 Å². The van der Waals surface area contributed by atoms with Crippen molar-refractivity contribution >= 4 is 28.6 Å². The highest BCUT2D eigenvalue weighted by Crippen LogP contribution is 2.61. The molecule has 12 heteroatoms. The van der Waals surface area contributed by atoms with Gasteiger partial charge < -0.3 is 39.2 Å². The van der Waals surface area contributed by atoms with E-state index in [1.807, 2.05) is 50.4 Å². The number of rotatable bonds is 4. The number of nitrogens with one attached hydrogen (secondary N) is 4. The molecule has 6 aromatic rings. The zero-order chi connectivity index (χ0) is 34.6. The third-order valence-corrected chi connectivity index (χ3v) is 10.5. The molecule has 10 bridgehead atoms. The number of aromatic nitrogens is 3. The number of ether oxygens (including phenoxy) is 2. The Morgan fingerprint density at radius 3 is 2.82 bits per heavy atom. The number of anilines is 1. The first kappa shape index (κ1) is 29.6. The zero-order valence-electron chi connectivity index (χ0n) is 27.7. The zero-order valence-corrected chi connectivity index (χ0v) is 27.7. The molecule has 0 radical (unpaired) electrons. The molecule has 3 aromatic heterocycles. The number of amides is 2. The lowest BCUT2D eigenvalue weighted by atomic mass is 9.72. The fraction of sp³-hybridized carbons (Fsp3) is 0.231. The Morgan fingerprint density at radius 2 is 1.96 bits per heavy atom. The average Bonchev–Trinajstić information content (AvgIpc) is 3.95. The number of hydrogen-bond donors (Lipinski definition) is 4. The van der Waals surface area contributed by atoms with Crippen molar-refractivity contribution in [2.75, 3.05) is 11.9 Å². The van der Waals surface area contributed by atoms with Crippen molar-refractivity contribution in [3.63, 3.8) is 0 Å². The van der Waals surface area contributed by atoms with Crippen LogP contribution in [0.4, 0.5) is 10.5 Å². The van der Waals surface area contributed by atoms with Gasteiger partial charge in [0.25, 0.3) is 0 Å². The molecule has 1 unspecified atom stereocenters. The van der Waals surface area contributed by atoms with Gasteiger partial charge in [-0.1, -0.05) is 69.0 Å². The maximum absolute atomic E-state index is 14.0. The van der Waals surface area contributed by atoms with Gasteiger partial charge in [0.15, 0.2) is 23.4 Å². The van der Waals surface area contributed by atoms with Crippen LogP contribution >= 0.6 is 0 Å². The molecule has 51 heavy (non-hydrogen) atoms. The summed E-state index contributed by atoms with van der Waals surface area (Å²) in [5.41, 5.74) is 6.69. The van der Waals surface area contributed by atoms with Crippen LogP contribution in [0, 0.1) is 5.92 Å². The van der Waals surface area contributed by atoms with Crippen LogP contribution in [0.25, 0.3) is 44.9 Å². The second-order valence-electron chi connectivity index (χ2n) is 13.7. The lowest BCUT2D eigenvalue weighted by Crippen LogP contribution is -2.49. The molecule has 4 N–H and O–H groups in total. The van der Waals surface area contributed by atoms with E-state index in [4.69, 9.17) is 28.3 Å². The number of fused-ring (bicyclic) bond motifs is 7. The summed E-state index contributed by atoms with van der Waals surface area (Å²) in [6.07, 6.45) is 3.95. The summed E-state index contributed by atoms with van der Waals surface area (Å²) in [6, 6.07) is 16.7. The highest BCUT2D eigenvalue weighted by atomic mass is 16.5. The van der Waals surface area contributed by atoms with Crippen molar-refractivity contribution in [2.45, 2.75) is 44.0 Å². The van der Waals surface area contributed by atoms with Crippen LogP contribution in [0.3, 0.4) is 0 Å². The molecule has 4 aliphatic rings. The molecule has 4 atom stereocenters. The van der Waals surface area contributed by atoms with Crippen LogP contribution < -0.4 is 20.7 Å². The molecule has 4 aliphatic heterocycles. The lowest BCUT2D eigenvalue weighted by Gasteiger charge is -2.28. The van der Waals surface area contributed by atoms with Gasteiger partial charge in [-0.05, 0) is 29.2 Å². The van der Waals surface area contributed by atoms with Gasteiger partial charge in [0, 0.05) is 51.5 Å². The van der Waals surface area contributed by atoms with Crippen molar-refractivity contribution in [1.29, 1.82) is 0 Å². The summed E-state index contributed by atoms with van der Waals surface area (Å²) in [6.45, 7) is 7.56. The standard InChI is InChI=1S/C39H32N6O6/c1-4-13-48-38(47)42-26-15-19-11-12-27-24(14-19)39-23-9-5-8-21(31(23)45-37(39)50-27)20-7-6-10-25-29(20)22(16-40-25)28-17-41-35(49-28)32-33(39)51-36(44-32)30(18(2)3)43-34(26)46/h4-12,14,16-18,26,30,37,40,45H,1,13,15H2,2-3H3,(H,42,47)(H,43,46)/t26-,30-,37?,39-/m0/s1. The first-order valence-electron chi connectivity index (χ1n) is 17.0. The third kappa shape index (κ3) is 4.07. The quantitative estimate of drug-likeness (QED) is 0.151. The van der Waals surface area contributed by atoms with E-state index >= 15 is 0 Å². The topological polar surface area (TPSA) is 157 Å². The predicted molar refractivity (Wildman–Crippen MR) is 187 cm³/mol. The number of para-hydroxylation sites is 1. The smallest absolute Gasteiger partial charge is 0.408 e. The lowest BCUT2D eigenvalue weighted by molar-refractivity contribution is -0.124. The van der Waals surface area contributed by atoms with Gasteiger partial charge in [-0.3, -0.25) is 4.79 Å². The van der Waals surface area contributed by atoms with Crippen LogP contribution in [0.15, 0.2) is 88.5 Å². The van der Waals surface area contributed by atoms with E-state index in [1.54, 1.807) is 6.20 Å². The van der Waals surface area contributed by atoms with Crippen LogP contribution in [0.2, 0.25) is 0 Å². The largest absolute Gasteiger partial charge is 0.469 e. The van der Waals surface area contributed by atoms with Crippen molar-refractivity contribution in [3.8, 4) is 39.8 Å². The molecule has 1 spiro atoms. The number of carbonyl (C=O) groups is 2. The molecule has 0 saturated carbocycles. The number of benzene rings is 3. The van der Waals surface area contributed by atoms with Gasteiger partial charge in [-0.2, -0.15) is 0 Å². The number of H-pyrrole nitrogens is 1. The van der Waals surface area contributed by atoms with E-state index in [0.717, 1.165) is 50.0 Å². The summed E-state index contributed by atoms with van der Waals surface area (Å²) < 4.78 is 25.6. The number of oxazole rings is 2. The Kier molecular flexibility index (Phi) is 6.15. The van der Waals surface area contributed by atoms with Gasteiger partial charge in [-0.15, -0.1) is 0 Å². The summed E-state index contributed by atoms with van der Waals surface area (Å²) in [5, 5.41) is 10.6. The fourth-order valence-corrected chi connectivity index (χ4v) is 8.18. The van der Waals surface area contributed by atoms with Crippen LogP contribution in [0.5, 0.6) is 5.75 Å². The minimum Gasteiger partial charge on any atom is -0.469 e. The molecule has 7 heterocycles. The Balaban J connectivity index is 1.28. The summed E-state index contributed by atoms with van der Waals surface area (Å²) in [7, 11) is 0. The number of nitrogens with zero attached hydrogens (tertiary/aromatic N) is 2. The summed E-state index contributed by atoms with van der Waals surface area (Å²) in [5.74, 6) is 1.71. The summed E-state index contributed by atoms with van der Waals surface area (Å²) in [4.78, 5) is 40.1. The molecule has 0 aliphatic carbocycles. The van der Waals surface area contributed by atoms with Crippen LogP contribution in [-0.2, 0) is 21.4 Å². The molecule has 12 nitrogen and oxygen atoms in total. The van der Waals surface area contributed by atoms with Crippen molar-refractivity contribution in [1.82, 2.24) is 25.6 Å². The number of aromatic amines is 1. The van der Waals surface area contributed by atoms with E-state index in [9.17, 15) is 9.59 Å². The van der Waals surface area contributed by atoms with Crippen molar-refractivity contribution in [3.05, 3.63) is 108 Å². The minimum absolute atomic E-state index is 0.00721. The van der Waals surface area contributed by atoms with Gasteiger partial charge in [-0.25, -0.2) is 14.8 Å². The van der Waals surface area contributed by atoms with Crippen molar-refractivity contribution in [2.24, 2.45) is 5.92 Å². The van der Waals surface area contributed by atoms with Gasteiger partial charge in [0.1, 0.15) is 29.9 Å². The van der Waals surface area contributed by atoms with Crippen LogP contribution in [-0.4, -0.2) is 45.8 Å². The molecule has 254 valence electrons. The predicted octanol–water partition coefficient (Wildman–Crippen LogP) is 6.59. The Morgan fingerprint density at radius 1 is 1.10 bits per heavy atom. The van der Waals surface area contributed by atoms with E-state index in [1.165, 1.54) is 6.08 Å². The van der Waals surface area contributed by atoms with E-state index in [-0.39, 0.29) is 30.7 Å². The third-order valence-electron chi connectivity index (χ3n) is 10.5. The Bertz CT molecular complexity index is 2460. The molecular weight excluding hydrogens is 648 g/mol. The first-order chi connectivity index (χ1) is 24.8. The van der Waals surface area contributed by atoms with Gasteiger partial charge >= 0.3 is 6.09 Å². The van der Waals surface area contributed by atoms with Crippen LogP contribution in [0.1, 0.15) is 48.2 Å². The maximum atomic E-state index is 14.0. The number of alkyl carbamates (subject to hydrolysis) is 1. The fourth-order valence-electron chi connectivity index (χ4n) is 8.18. The van der Waals surface area contributed by atoms with Gasteiger partial charge in [0.2, 0.25) is 17.7 Å². The highest BCUT2D eigenvalue weighted by molar-refractivity contribution is 6.07. The van der Waals surface area contributed by atoms with E-state index in [0.29, 0.717) is 23.0 Å². The molecule has 2 amide bonds. The highest BCUT2D eigenvalue weighted by Gasteiger charge is 2.61. The second kappa shape index (κ2) is 10.6. The molecule has 3 aromatic carbocycles. The normalized spacial score (nSPS) is 21.9. The Hall–Kier alpha value is -6.30. The van der Waals surface area contributed by atoms with E-state index in [2.05, 4.69) is 51.8 Å². The second-order valence-corrected chi connectivity index (χ2v) is 13.7. The molecular formula is C39H32N6O6. The SMILES string of the molecule is C=CCOC(=O)N[C@H]1Cc2ccc3c(c2)[C@]24c5cccc(c5NC2O3)-c2cccc3[nH]cc(c23)-c2cnc(o2)-c2nc(oc24)[C@H](C(C)C)NC1=O. The maximum Gasteiger partial charge on any atom is 0.408 e. The van der Waals surface area contributed by atoms with Gasteiger partial charge in [0.05, 0.1) is 6.20 Å². The summed E-state index contributed by atoms with van der Waals surface area (Å²) >= 11 is 0. The van der Waals surface area contributed by atoms with Crippen molar-refractivity contribution < 1.29 is 27.9 Å². The number of carbonyl (C=O) groups excluding carboxylic acids is 2. The first-order valence-corrected chi connectivity index (χ1v) is 17.0. The molecule has 0 fully saturated rings. The monoisotopic (exact) mass is 680 g/mol. The minimum atomic E-state index is -1.05. The molecule has 0 saturated heterocycles. The number of hydrogen-bond acceptors (Lipinski definition) is 9.